The van der Waals surface area contributed by atoms with Gasteiger partial charge in [-0.1, -0.05) is 6.42 Å². The van der Waals surface area contributed by atoms with Crippen molar-refractivity contribution in [3.05, 3.63) is 53.6 Å². The number of aryl methyl sites for hydroxylation is 1. The monoisotopic (exact) mass is 510 g/mol. The van der Waals surface area contributed by atoms with Gasteiger partial charge in [0, 0.05) is 49.0 Å². The van der Waals surface area contributed by atoms with Crippen molar-refractivity contribution < 1.29 is 23.1 Å². The first-order chi connectivity index (χ1) is 17.3. The summed E-state index contributed by atoms with van der Waals surface area (Å²) in [6.07, 6.45) is 2.70. The highest BCUT2D eigenvalue weighted by Gasteiger charge is 2.28. The number of sulfonamides is 1. The number of fused-ring (bicyclic) bond motifs is 1. The van der Waals surface area contributed by atoms with E-state index in [0.717, 1.165) is 30.2 Å². The Balaban J connectivity index is 1.51. The van der Waals surface area contributed by atoms with Gasteiger partial charge in [0.2, 0.25) is 15.9 Å². The molecule has 0 unspecified atom stereocenters. The van der Waals surface area contributed by atoms with Gasteiger partial charge in [0.05, 0.1) is 29.2 Å². The van der Waals surface area contributed by atoms with Crippen LogP contribution in [-0.2, 0) is 14.8 Å². The number of morpholine rings is 1. The van der Waals surface area contributed by atoms with Crippen molar-refractivity contribution in [2.24, 2.45) is 0 Å². The third-order valence-corrected chi connectivity index (χ3v) is 8.67. The van der Waals surface area contributed by atoms with Gasteiger partial charge in [-0.3, -0.25) is 4.79 Å². The Labute approximate surface area is 210 Å². The fraction of sp³-hybridized carbons (Fsp3) is 0.385. The Morgan fingerprint density at radius 3 is 2.50 bits per heavy atom. The van der Waals surface area contributed by atoms with Crippen molar-refractivity contribution in [2.75, 3.05) is 49.6 Å². The SMILES string of the molecule is Cc1cc(O)nc2ccc(NC(=O)c3cc(S(=O)(=O)N4CCCCC4)ccc3N3CCOCC3)cc12. The molecule has 2 saturated heterocycles. The molecule has 0 saturated carbocycles. The van der Waals surface area contributed by atoms with Gasteiger partial charge in [-0.2, -0.15) is 4.31 Å². The standard InChI is InChI=1S/C26H30N4O5S/c1-18-15-25(31)28-23-7-5-19(16-21(18)23)27-26(32)22-17-20(36(33,34)30-9-3-2-4-10-30)6-8-24(22)29-11-13-35-14-12-29/h5-8,15-17H,2-4,9-14H2,1H3,(H,27,32)(H,28,31). The average molecular weight is 511 g/mol. The van der Waals surface area contributed by atoms with Gasteiger partial charge >= 0.3 is 0 Å². The molecule has 0 aliphatic carbocycles. The molecule has 1 amide bonds. The zero-order valence-electron chi connectivity index (χ0n) is 20.2. The first kappa shape index (κ1) is 24.5. The van der Waals surface area contributed by atoms with Crippen LogP contribution in [0.4, 0.5) is 11.4 Å². The Morgan fingerprint density at radius 1 is 1.00 bits per heavy atom. The number of rotatable bonds is 5. The van der Waals surface area contributed by atoms with Gasteiger partial charge in [0.25, 0.3) is 5.91 Å². The lowest BCUT2D eigenvalue weighted by molar-refractivity contribution is 0.102. The van der Waals surface area contributed by atoms with E-state index in [2.05, 4.69) is 10.3 Å². The molecule has 3 aromatic rings. The van der Waals surface area contributed by atoms with Crippen LogP contribution in [0.3, 0.4) is 0 Å². The number of anilines is 2. The number of amides is 1. The molecule has 0 atom stereocenters. The Bertz CT molecular complexity index is 1400. The van der Waals surface area contributed by atoms with Crippen molar-refractivity contribution in [2.45, 2.75) is 31.1 Å². The van der Waals surface area contributed by atoms with Gasteiger partial charge < -0.3 is 20.1 Å². The second-order valence-electron chi connectivity index (χ2n) is 9.23. The van der Waals surface area contributed by atoms with Crippen LogP contribution in [0.15, 0.2) is 47.4 Å². The van der Waals surface area contributed by atoms with E-state index in [1.165, 1.54) is 10.4 Å². The van der Waals surface area contributed by atoms with Crippen LogP contribution < -0.4 is 10.2 Å². The maximum Gasteiger partial charge on any atom is 0.257 e. The molecule has 1 aromatic heterocycles. The van der Waals surface area contributed by atoms with Crippen LogP contribution in [0.2, 0.25) is 0 Å². The van der Waals surface area contributed by atoms with E-state index in [-0.39, 0.29) is 10.8 Å². The summed E-state index contributed by atoms with van der Waals surface area (Å²) in [6.45, 7) is 5.16. The van der Waals surface area contributed by atoms with Crippen molar-refractivity contribution in [1.29, 1.82) is 0 Å². The lowest BCUT2D eigenvalue weighted by atomic mass is 10.1. The molecular weight excluding hydrogens is 480 g/mol. The van der Waals surface area contributed by atoms with Crippen LogP contribution in [0.5, 0.6) is 5.88 Å². The van der Waals surface area contributed by atoms with Gasteiger partial charge in [-0.15, -0.1) is 0 Å². The quantitative estimate of drug-likeness (QED) is 0.540. The van der Waals surface area contributed by atoms with Gasteiger partial charge in [0.15, 0.2) is 0 Å². The van der Waals surface area contributed by atoms with Crippen molar-refractivity contribution >= 4 is 38.2 Å². The maximum absolute atomic E-state index is 13.6. The number of nitrogens with one attached hydrogen (secondary N) is 1. The maximum atomic E-state index is 13.6. The van der Waals surface area contributed by atoms with Crippen LogP contribution in [0, 0.1) is 6.92 Å². The van der Waals surface area contributed by atoms with Crippen molar-refractivity contribution in [3.63, 3.8) is 0 Å². The number of hydrogen-bond acceptors (Lipinski definition) is 7. The second kappa shape index (κ2) is 10.0. The summed E-state index contributed by atoms with van der Waals surface area (Å²) < 4.78 is 33.7. The fourth-order valence-corrected chi connectivity index (χ4v) is 6.39. The molecule has 0 bridgehead atoms. The molecule has 3 heterocycles. The molecule has 0 spiro atoms. The summed E-state index contributed by atoms with van der Waals surface area (Å²) in [6, 6.07) is 11.6. The zero-order valence-corrected chi connectivity index (χ0v) is 21.1. The molecule has 2 fully saturated rings. The normalized spacial score (nSPS) is 17.3. The topological polar surface area (TPSA) is 112 Å². The van der Waals surface area contributed by atoms with Crippen LogP contribution in [0.25, 0.3) is 10.9 Å². The van der Waals surface area contributed by atoms with Crippen LogP contribution >= 0.6 is 0 Å². The molecule has 2 aliphatic rings. The first-order valence-electron chi connectivity index (χ1n) is 12.2. The Morgan fingerprint density at radius 2 is 1.75 bits per heavy atom. The Kier molecular flexibility index (Phi) is 6.83. The fourth-order valence-electron chi connectivity index (χ4n) is 4.84. The summed E-state index contributed by atoms with van der Waals surface area (Å²) in [5, 5.41) is 13.5. The van der Waals surface area contributed by atoms with Gasteiger partial charge in [-0.25, -0.2) is 13.4 Å². The van der Waals surface area contributed by atoms with Gasteiger partial charge in [-0.05, 0) is 61.7 Å². The number of nitrogens with zero attached hydrogens (tertiary/aromatic N) is 3. The van der Waals surface area contributed by atoms with E-state index in [0.29, 0.717) is 61.8 Å². The molecule has 5 rings (SSSR count). The number of ether oxygens (including phenoxy) is 1. The van der Waals surface area contributed by atoms with E-state index < -0.39 is 15.9 Å². The average Bonchev–Trinajstić information content (AvgIpc) is 2.89. The van der Waals surface area contributed by atoms with E-state index >= 15 is 0 Å². The molecule has 2 N–H and O–H groups in total. The minimum atomic E-state index is -3.70. The van der Waals surface area contributed by atoms with Crippen molar-refractivity contribution in [3.8, 4) is 5.88 Å². The largest absolute Gasteiger partial charge is 0.493 e. The molecule has 36 heavy (non-hydrogen) atoms. The lowest BCUT2D eigenvalue weighted by Crippen LogP contribution is -2.38. The highest BCUT2D eigenvalue weighted by Crippen LogP contribution is 2.30. The molecule has 2 aliphatic heterocycles. The summed E-state index contributed by atoms with van der Waals surface area (Å²) >= 11 is 0. The summed E-state index contributed by atoms with van der Waals surface area (Å²) in [7, 11) is -3.70. The predicted molar refractivity (Wildman–Crippen MR) is 138 cm³/mol. The molecule has 10 heteroatoms. The minimum absolute atomic E-state index is 0.0568. The third kappa shape index (κ3) is 4.88. The summed E-state index contributed by atoms with van der Waals surface area (Å²) in [4.78, 5) is 19.9. The second-order valence-corrected chi connectivity index (χ2v) is 11.2. The molecular formula is C26H30N4O5S. The summed E-state index contributed by atoms with van der Waals surface area (Å²) in [5.74, 6) is -0.449. The van der Waals surface area contributed by atoms with E-state index in [1.807, 2.05) is 11.8 Å². The number of carbonyl (C=O) groups is 1. The van der Waals surface area contributed by atoms with E-state index in [9.17, 15) is 18.3 Å². The predicted octanol–water partition coefficient (Wildman–Crippen LogP) is 3.51. The highest BCUT2D eigenvalue weighted by molar-refractivity contribution is 7.89. The van der Waals surface area contributed by atoms with E-state index in [1.54, 1.807) is 36.4 Å². The number of piperidine rings is 1. The van der Waals surface area contributed by atoms with Crippen LogP contribution in [-0.4, -0.2) is 68.1 Å². The first-order valence-corrected chi connectivity index (χ1v) is 13.7. The molecule has 0 radical (unpaired) electrons. The number of aromatic hydroxyl groups is 1. The third-order valence-electron chi connectivity index (χ3n) is 6.78. The van der Waals surface area contributed by atoms with Crippen molar-refractivity contribution in [1.82, 2.24) is 9.29 Å². The minimum Gasteiger partial charge on any atom is -0.493 e. The molecule has 2 aromatic carbocycles. The number of benzene rings is 2. The lowest BCUT2D eigenvalue weighted by Gasteiger charge is -2.31. The number of hydrogen-bond donors (Lipinski definition) is 2. The molecule has 9 nitrogen and oxygen atoms in total. The van der Waals surface area contributed by atoms with Crippen LogP contribution in [0.1, 0.15) is 35.2 Å². The Hall–Kier alpha value is -3.21. The smallest absolute Gasteiger partial charge is 0.257 e. The summed E-state index contributed by atoms with van der Waals surface area (Å²) in [5.41, 5.74) is 2.99. The molecule has 190 valence electrons. The number of aromatic nitrogens is 1. The number of pyridine rings is 1. The number of carbonyl (C=O) groups excluding carboxylic acids is 1. The highest BCUT2D eigenvalue weighted by atomic mass is 32.2. The van der Waals surface area contributed by atoms with E-state index in [4.69, 9.17) is 4.74 Å². The van der Waals surface area contributed by atoms with Gasteiger partial charge in [0.1, 0.15) is 0 Å². The zero-order chi connectivity index (χ0) is 25.3.